The number of fused-ring (bicyclic) bond motifs is 1. The molecule has 12 heteroatoms. The first kappa shape index (κ1) is 29.6. The van der Waals surface area contributed by atoms with Crippen LogP contribution in [0.15, 0.2) is 45.5 Å². The highest BCUT2D eigenvalue weighted by atomic mass is 16.6. The summed E-state index contributed by atoms with van der Waals surface area (Å²) in [6.07, 6.45) is 3.02. The van der Waals surface area contributed by atoms with E-state index in [2.05, 4.69) is 5.32 Å². The van der Waals surface area contributed by atoms with Crippen LogP contribution < -0.4 is 27.2 Å². The van der Waals surface area contributed by atoms with E-state index >= 15 is 0 Å². The first-order chi connectivity index (χ1) is 19.3. The summed E-state index contributed by atoms with van der Waals surface area (Å²) in [7, 11) is 1.53. The number of carbonyl (C=O) groups is 2. The van der Waals surface area contributed by atoms with Crippen LogP contribution in [0.25, 0.3) is 11.2 Å². The van der Waals surface area contributed by atoms with Crippen molar-refractivity contribution < 1.29 is 14.3 Å². The van der Waals surface area contributed by atoms with Gasteiger partial charge in [0.2, 0.25) is 5.95 Å². The maximum absolute atomic E-state index is 13.9. The molecule has 1 aliphatic rings. The summed E-state index contributed by atoms with van der Waals surface area (Å²) in [5.41, 5.74) is 6.11. The number of nitrogen functional groups attached to an aromatic ring is 1. The second kappa shape index (κ2) is 11.6. The number of alkyl carbamates (subject to hydrolysis) is 1. The van der Waals surface area contributed by atoms with E-state index in [4.69, 9.17) is 15.5 Å². The van der Waals surface area contributed by atoms with Crippen LogP contribution in [0.2, 0.25) is 0 Å². The highest BCUT2D eigenvalue weighted by Gasteiger charge is 2.29. The number of nitrogens with one attached hydrogen (secondary N) is 1. The van der Waals surface area contributed by atoms with E-state index in [1.54, 1.807) is 28.8 Å². The minimum absolute atomic E-state index is 0.190. The number of anilines is 2. The Morgan fingerprint density at radius 2 is 1.88 bits per heavy atom. The van der Waals surface area contributed by atoms with Gasteiger partial charge in [0.15, 0.2) is 16.9 Å². The van der Waals surface area contributed by atoms with Gasteiger partial charge in [-0.05, 0) is 59.6 Å². The molecule has 1 atom stereocenters. The number of carbonyl (C=O) groups excluding carboxylic acids is 2. The third-order valence-electron chi connectivity index (χ3n) is 6.88. The molecule has 1 amide bonds. The van der Waals surface area contributed by atoms with Crippen LogP contribution in [0.5, 0.6) is 0 Å². The molecule has 0 radical (unpaired) electrons. The molecule has 4 rings (SSSR count). The van der Waals surface area contributed by atoms with Crippen LogP contribution >= 0.6 is 0 Å². The number of amides is 1. The molecular weight excluding hydrogens is 526 g/mol. The lowest BCUT2D eigenvalue weighted by Gasteiger charge is -2.34. The van der Waals surface area contributed by atoms with Crippen molar-refractivity contribution in [3.05, 3.63) is 62.3 Å². The fraction of sp³-hybridized carbons (Fsp3) is 0.483. The number of allylic oxidation sites excluding steroid dienone is 2. The molecule has 0 aliphatic carbocycles. The van der Waals surface area contributed by atoms with Crippen molar-refractivity contribution in [2.24, 2.45) is 7.05 Å². The molecule has 220 valence electrons. The molecule has 0 saturated carbocycles. The monoisotopic (exact) mass is 565 g/mol. The van der Waals surface area contributed by atoms with Gasteiger partial charge in [0.25, 0.3) is 5.56 Å². The molecule has 1 fully saturated rings. The van der Waals surface area contributed by atoms with Gasteiger partial charge in [-0.2, -0.15) is 4.98 Å². The second-order valence-electron chi connectivity index (χ2n) is 11.7. The smallest absolute Gasteiger partial charge is 0.407 e. The summed E-state index contributed by atoms with van der Waals surface area (Å²) < 4.78 is 9.44. The number of nitrogens with two attached hydrogens (primary N) is 1. The Kier molecular flexibility index (Phi) is 8.41. The molecule has 12 nitrogen and oxygen atoms in total. The van der Waals surface area contributed by atoms with Crippen molar-refractivity contribution in [2.45, 2.75) is 72.2 Å². The molecule has 41 heavy (non-hydrogen) atoms. The number of piperidine rings is 1. The fourth-order valence-corrected chi connectivity index (χ4v) is 4.92. The molecule has 1 aliphatic heterocycles. The van der Waals surface area contributed by atoms with Gasteiger partial charge < -0.3 is 25.3 Å². The van der Waals surface area contributed by atoms with Gasteiger partial charge in [0.05, 0.1) is 6.54 Å². The van der Waals surface area contributed by atoms with Crippen LogP contribution in [0.1, 0.15) is 57.8 Å². The van der Waals surface area contributed by atoms with E-state index in [0.717, 1.165) is 23.0 Å². The molecule has 1 aromatic carbocycles. The Bertz CT molecular complexity index is 1620. The normalized spacial score (nSPS) is 15.6. The predicted octanol–water partition coefficient (Wildman–Crippen LogP) is 2.82. The first-order valence-electron chi connectivity index (χ1n) is 13.7. The number of Topliss-reactive ketones (excluding diaryl/α,β-unsaturated/α-hetero) is 1. The highest BCUT2D eigenvalue weighted by Crippen LogP contribution is 2.24. The predicted molar refractivity (Wildman–Crippen MR) is 158 cm³/mol. The number of para-hydroxylation sites is 1. The van der Waals surface area contributed by atoms with E-state index < -0.39 is 35.3 Å². The quantitative estimate of drug-likeness (QED) is 0.253. The third kappa shape index (κ3) is 6.53. The third-order valence-corrected chi connectivity index (χ3v) is 6.88. The Morgan fingerprint density at radius 3 is 2.54 bits per heavy atom. The number of rotatable bonds is 7. The molecule has 0 spiro atoms. The average molecular weight is 566 g/mol. The average Bonchev–Trinajstić information content (AvgIpc) is 3.27. The van der Waals surface area contributed by atoms with E-state index in [9.17, 15) is 19.2 Å². The minimum atomic E-state index is -0.646. The van der Waals surface area contributed by atoms with Crippen molar-refractivity contribution in [3.63, 3.8) is 0 Å². The molecule has 0 bridgehead atoms. The fourth-order valence-electron chi connectivity index (χ4n) is 4.92. The Hall–Kier alpha value is -4.35. The molecular formula is C29H39N7O5. The molecule has 2 aromatic heterocycles. The SMILES string of the molecule is CC(C)=CCn1c(N2CCCC(NC(=O)OC(C)(C)C)C2)nc2c1c(=O)n(CC(=O)c1ccccc1N)c(=O)n2C. The summed E-state index contributed by atoms with van der Waals surface area (Å²) in [5.74, 6) is 0.0704. The van der Waals surface area contributed by atoms with E-state index in [1.165, 1.54) is 11.6 Å². The summed E-state index contributed by atoms with van der Waals surface area (Å²) in [4.78, 5) is 59.4. The minimum Gasteiger partial charge on any atom is -0.444 e. The maximum Gasteiger partial charge on any atom is 0.407 e. The lowest BCUT2D eigenvalue weighted by atomic mass is 10.1. The van der Waals surface area contributed by atoms with Crippen LogP contribution in [-0.4, -0.2) is 55.3 Å². The Balaban J connectivity index is 1.76. The number of aromatic nitrogens is 4. The van der Waals surface area contributed by atoms with Crippen molar-refractivity contribution in [3.8, 4) is 0 Å². The zero-order valence-corrected chi connectivity index (χ0v) is 24.6. The van der Waals surface area contributed by atoms with Crippen molar-refractivity contribution in [2.75, 3.05) is 23.7 Å². The Morgan fingerprint density at radius 1 is 1.17 bits per heavy atom. The summed E-state index contributed by atoms with van der Waals surface area (Å²) in [6, 6.07) is 6.37. The van der Waals surface area contributed by atoms with Crippen molar-refractivity contribution >= 4 is 34.7 Å². The number of imidazole rings is 1. The molecule has 3 N–H and O–H groups in total. The number of hydrogen-bond acceptors (Lipinski definition) is 8. The lowest BCUT2D eigenvalue weighted by Crippen LogP contribution is -2.49. The number of nitrogens with zero attached hydrogens (tertiary/aromatic N) is 5. The number of hydrogen-bond donors (Lipinski definition) is 2. The van der Waals surface area contributed by atoms with E-state index in [-0.39, 0.29) is 28.5 Å². The number of ketones is 1. The van der Waals surface area contributed by atoms with E-state index in [1.807, 2.05) is 45.6 Å². The first-order valence-corrected chi connectivity index (χ1v) is 13.7. The van der Waals surface area contributed by atoms with Crippen molar-refractivity contribution in [1.82, 2.24) is 24.0 Å². The zero-order chi connectivity index (χ0) is 30.1. The molecule has 3 heterocycles. The van der Waals surface area contributed by atoms with Gasteiger partial charge in [-0.1, -0.05) is 23.8 Å². The summed E-state index contributed by atoms with van der Waals surface area (Å²) >= 11 is 0. The lowest BCUT2D eigenvalue weighted by molar-refractivity contribution is 0.0499. The van der Waals surface area contributed by atoms with Gasteiger partial charge >= 0.3 is 11.8 Å². The molecule has 1 saturated heterocycles. The van der Waals surface area contributed by atoms with E-state index in [0.29, 0.717) is 25.6 Å². The van der Waals surface area contributed by atoms with Crippen LogP contribution in [0, 0.1) is 0 Å². The largest absolute Gasteiger partial charge is 0.444 e. The second-order valence-corrected chi connectivity index (χ2v) is 11.7. The molecule has 3 aromatic rings. The van der Waals surface area contributed by atoms with Gasteiger partial charge in [-0.15, -0.1) is 0 Å². The number of aryl methyl sites for hydroxylation is 1. The van der Waals surface area contributed by atoms with Gasteiger partial charge in [-0.25, -0.2) is 9.59 Å². The summed E-state index contributed by atoms with van der Waals surface area (Å²) in [5, 5.41) is 2.94. The van der Waals surface area contributed by atoms with Crippen LogP contribution in [-0.2, 0) is 24.9 Å². The zero-order valence-electron chi connectivity index (χ0n) is 24.6. The topological polar surface area (TPSA) is 146 Å². The Labute approximate surface area is 238 Å². The van der Waals surface area contributed by atoms with Gasteiger partial charge in [-0.3, -0.25) is 18.7 Å². The van der Waals surface area contributed by atoms with Crippen LogP contribution in [0.3, 0.4) is 0 Å². The summed E-state index contributed by atoms with van der Waals surface area (Å²) in [6.45, 7) is 10.3. The number of ether oxygens (including phenoxy) is 1. The standard InChI is InChI=1S/C29H39N7O5/c1-18(2)13-15-35-23-24(32-26(35)34-14-9-10-19(16-34)31-27(39)41-29(3,4)5)33(6)28(40)36(25(23)38)17-22(37)20-11-7-8-12-21(20)30/h7-8,11-13,19H,9-10,14-17,30H2,1-6H3,(H,31,39). The van der Waals surface area contributed by atoms with Crippen molar-refractivity contribution in [1.29, 1.82) is 0 Å². The highest BCUT2D eigenvalue weighted by molar-refractivity contribution is 6.00. The van der Waals surface area contributed by atoms with Crippen LogP contribution in [0.4, 0.5) is 16.4 Å². The maximum atomic E-state index is 13.9. The van der Waals surface area contributed by atoms with Gasteiger partial charge in [0, 0.05) is 44.0 Å². The van der Waals surface area contributed by atoms with Gasteiger partial charge in [0.1, 0.15) is 5.60 Å². The molecule has 1 unspecified atom stereocenters. The number of benzene rings is 1.